The second-order valence-corrected chi connectivity index (χ2v) is 8.67. The molecule has 0 saturated carbocycles. The molecule has 1 heterocycles. The van der Waals surface area contributed by atoms with Crippen molar-refractivity contribution in [3.8, 4) is 0 Å². The molecule has 2 amide bonds. The summed E-state index contributed by atoms with van der Waals surface area (Å²) in [4.78, 5) is 35.5. The van der Waals surface area contributed by atoms with Gasteiger partial charge in [0, 0.05) is 6.54 Å². The summed E-state index contributed by atoms with van der Waals surface area (Å²) < 4.78 is 26.7. The van der Waals surface area contributed by atoms with E-state index in [1.807, 2.05) is 0 Å². The van der Waals surface area contributed by atoms with Gasteiger partial charge >= 0.3 is 12.5 Å². The molecule has 152 valence electrons. The molecule has 29 heavy (non-hydrogen) atoms. The molecule has 10 nitrogen and oxygen atoms in total. The number of hydrogen-bond acceptors (Lipinski definition) is 6. The Bertz CT molecular complexity index is 844. The largest absolute Gasteiger partial charge is 0.480 e. The van der Waals surface area contributed by atoms with Gasteiger partial charge in [0.1, 0.15) is 17.8 Å². The standard InChI is InChI=1S/C14H22B4N4O6S/c19-18-15-14(26)21-16-11(13(24)25)20-12(23)10-7-4-8-22(10)29(27,28)17-9-5-2-1-3-6-9/h1-3,5-6,10-11,15-18H,4,7-8,19H2,(H,20,23)(H,21,26)(H,24,25). The predicted molar refractivity (Wildman–Crippen MR) is 116 cm³/mol. The minimum absolute atomic E-state index is 0.0361. The van der Waals surface area contributed by atoms with Gasteiger partial charge in [-0.2, -0.15) is 4.31 Å². The highest BCUT2D eigenvalue weighted by molar-refractivity contribution is 8.14. The number of carboxylic acid groups (broad SMARTS) is 1. The van der Waals surface area contributed by atoms with E-state index in [9.17, 15) is 27.9 Å². The molecule has 0 aliphatic carbocycles. The molecule has 1 saturated heterocycles. The van der Waals surface area contributed by atoms with Gasteiger partial charge in [0.15, 0.2) is 17.2 Å². The predicted octanol–water partition coefficient (Wildman–Crippen LogP) is -4.29. The van der Waals surface area contributed by atoms with E-state index in [4.69, 9.17) is 5.64 Å². The van der Waals surface area contributed by atoms with Crippen molar-refractivity contribution in [2.24, 2.45) is 5.64 Å². The lowest BCUT2D eigenvalue weighted by atomic mass is 9.46. The van der Waals surface area contributed by atoms with Crippen LogP contribution in [0.3, 0.4) is 0 Å². The van der Waals surface area contributed by atoms with Crippen LogP contribution >= 0.6 is 0 Å². The molecule has 0 spiro atoms. The quantitative estimate of drug-likeness (QED) is 0.280. The molecule has 0 aromatic heterocycles. The van der Waals surface area contributed by atoms with Crippen molar-refractivity contribution < 1.29 is 27.9 Å². The van der Waals surface area contributed by atoms with E-state index < -0.39 is 39.5 Å². The van der Waals surface area contributed by atoms with Gasteiger partial charge in [0.25, 0.3) is 7.41 Å². The lowest BCUT2D eigenvalue weighted by molar-refractivity contribution is -0.139. The van der Waals surface area contributed by atoms with Crippen LogP contribution in [0.15, 0.2) is 30.3 Å². The minimum Gasteiger partial charge on any atom is -0.480 e. The van der Waals surface area contributed by atoms with E-state index in [2.05, 4.69) is 10.5 Å². The van der Waals surface area contributed by atoms with Crippen LogP contribution in [0.25, 0.3) is 0 Å². The highest BCUT2D eigenvalue weighted by Gasteiger charge is 2.40. The van der Waals surface area contributed by atoms with E-state index in [0.717, 1.165) is 4.31 Å². The Labute approximate surface area is 171 Å². The number of nitrogens with two attached hydrogens (primary N) is 1. The van der Waals surface area contributed by atoms with Crippen LogP contribution in [0.2, 0.25) is 0 Å². The van der Waals surface area contributed by atoms with Gasteiger partial charge < -0.3 is 21.3 Å². The van der Waals surface area contributed by atoms with E-state index in [0.29, 0.717) is 18.3 Å². The SMILES string of the molecule is NBBC(=O)NBC(NC(=O)C1CCCN1S(=O)(=O)Bc1ccccc1)C(=O)O. The fourth-order valence-electron chi connectivity index (χ4n) is 3.11. The third-order valence-corrected chi connectivity index (χ3v) is 6.39. The highest BCUT2D eigenvalue weighted by atomic mass is 32.2. The van der Waals surface area contributed by atoms with E-state index >= 15 is 0 Å². The second-order valence-electron chi connectivity index (χ2n) is 6.75. The minimum atomic E-state index is -3.75. The van der Waals surface area contributed by atoms with Gasteiger partial charge in [0.2, 0.25) is 13.1 Å². The maximum atomic E-state index is 12.8. The van der Waals surface area contributed by atoms with Gasteiger partial charge in [-0.15, -0.1) is 0 Å². The first-order valence-electron chi connectivity index (χ1n) is 9.28. The fourth-order valence-corrected chi connectivity index (χ4v) is 4.88. The molecule has 2 unspecified atom stereocenters. The van der Waals surface area contributed by atoms with Crippen LogP contribution < -0.4 is 21.7 Å². The van der Waals surface area contributed by atoms with Crippen LogP contribution in [-0.2, 0) is 19.5 Å². The summed E-state index contributed by atoms with van der Waals surface area (Å²) in [6.45, 7) is -0.0483. The van der Waals surface area contributed by atoms with Gasteiger partial charge in [0.05, 0.1) is 0 Å². The Morgan fingerprint density at radius 1 is 1.24 bits per heavy atom. The second kappa shape index (κ2) is 10.5. The zero-order valence-electron chi connectivity index (χ0n) is 15.9. The molecular weight excluding hydrogens is 395 g/mol. The van der Waals surface area contributed by atoms with Gasteiger partial charge in [-0.1, -0.05) is 35.8 Å². The molecule has 0 radical (unpaired) electrons. The summed E-state index contributed by atoms with van der Waals surface area (Å²) in [6, 6.07) is 7.64. The summed E-state index contributed by atoms with van der Waals surface area (Å²) in [6.07, 6.45) is 0.794. The van der Waals surface area contributed by atoms with Crippen LogP contribution in [0.5, 0.6) is 0 Å². The first-order chi connectivity index (χ1) is 13.7. The number of carbonyl (C=O) groups is 3. The highest BCUT2D eigenvalue weighted by Crippen LogP contribution is 2.21. The zero-order chi connectivity index (χ0) is 21.4. The lowest BCUT2D eigenvalue weighted by Crippen LogP contribution is -2.56. The molecular formula is C14H22B4N4O6S. The number of rotatable bonds is 10. The summed E-state index contributed by atoms with van der Waals surface area (Å²) in [5.74, 6) is -3.83. The molecule has 0 bridgehead atoms. The van der Waals surface area contributed by atoms with Crippen molar-refractivity contribution in [2.75, 3.05) is 6.54 Å². The number of aliphatic carboxylic acids is 1. The molecule has 1 aliphatic rings. The summed E-state index contributed by atoms with van der Waals surface area (Å²) in [7, 11) is -3.92. The Balaban J connectivity index is 2.04. The smallest absolute Gasteiger partial charge is 0.326 e. The topological polar surface area (TPSA) is 159 Å². The van der Waals surface area contributed by atoms with Gasteiger partial charge in [-0.3, -0.25) is 14.4 Å². The summed E-state index contributed by atoms with van der Waals surface area (Å²) in [5.41, 5.74) is 5.86. The van der Waals surface area contributed by atoms with Crippen molar-refractivity contribution >= 4 is 61.5 Å². The van der Waals surface area contributed by atoms with Crippen molar-refractivity contribution in [2.45, 2.75) is 24.8 Å². The van der Waals surface area contributed by atoms with Crippen molar-refractivity contribution in [3.05, 3.63) is 30.3 Å². The summed E-state index contributed by atoms with van der Waals surface area (Å²) in [5, 5.41) is 14.0. The van der Waals surface area contributed by atoms with E-state index in [1.54, 1.807) is 30.3 Å². The maximum Gasteiger partial charge on any atom is 0.326 e. The molecule has 15 heteroatoms. The van der Waals surface area contributed by atoms with Gasteiger partial charge in [-0.25, -0.2) is 8.42 Å². The lowest BCUT2D eigenvalue weighted by Gasteiger charge is -2.25. The molecule has 1 fully saturated rings. The number of nitrogens with zero attached hydrogens (tertiary/aromatic N) is 1. The Morgan fingerprint density at radius 3 is 2.55 bits per heavy atom. The van der Waals surface area contributed by atoms with Crippen LogP contribution in [0.4, 0.5) is 4.79 Å². The van der Waals surface area contributed by atoms with Crippen molar-refractivity contribution in [1.29, 1.82) is 0 Å². The van der Waals surface area contributed by atoms with Crippen LogP contribution in [0, 0.1) is 0 Å². The number of amides is 2. The van der Waals surface area contributed by atoms with E-state index in [1.165, 1.54) is 0 Å². The third-order valence-electron chi connectivity index (χ3n) is 4.54. The molecule has 2 rings (SSSR count). The first-order valence-corrected chi connectivity index (χ1v) is 10.9. The average molecular weight is 418 g/mol. The molecule has 5 N–H and O–H groups in total. The molecule has 1 aromatic rings. The Hall–Kier alpha value is -2.24. The number of benzene rings is 1. The van der Waals surface area contributed by atoms with E-state index in [-0.39, 0.29) is 35.0 Å². The number of hydrogen-bond donors (Lipinski definition) is 4. The normalized spacial score (nSPS) is 17.6. The number of carboxylic acids is 1. The van der Waals surface area contributed by atoms with Gasteiger partial charge in [-0.05, 0) is 12.8 Å². The average Bonchev–Trinajstić information content (AvgIpc) is 3.16. The Morgan fingerprint density at radius 2 is 1.93 bits per heavy atom. The van der Waals surface area contributed by atoms with Crippen molar-refractivity contribution in [3.63, 3.8) is 0 Å². The first kappa shape index (κ1) is 23.0. The monoisotopic (exact) mass is 418 g/mol. The molecule has 1 aromatic carbocycles. The zero-order valence-corrected chi connectivity index (χ0v) is 16.7. The number of carbonyl (C=O) groups excluding carboxylic acids is 2. The fraction of sp³-hybridized carbons (Fsp3) is 0.357. The van der Waals surface area contributed by atoms with Crippen LogP contribution in [0.1, 0.15) is 12.8 Å². The van der Waals surface area contributed by atoms with Crippen molar-refractivity contribution in [1.82, 2.24) is 14.8 Å². The van der Waals surface area contributed by atoms with Crippen LogP contribution in [-0.4, -0.2) is 82.5 Å². The third kappa shape index (κ3) is 6.65. The number of nitrogens with one attached hydrogen (secondary N) is 2. The maximum absolute atomic E-state index is 12.8. The molecule has 1 aliphatic heterocycles. The molecule has 2 atom stereocenters. The summed E-state index contributed by atoms with van der Waals surface area (Å²) >= 11 is 0. The Kier molecular flexibility index (Phi) is 8.35.